The van der Waals surface area contributed by atoms with Crippen LogP contribution in [0, 0.1) is 0 Å². The van der Waals surface area contributed by atoms with Crippen LogP contribution in [0.5, 0.6) is 0 Å². The van der Waals surface area contributed by atoms with Gasteiger partial charge in [0.15, 0.2) is 5.78 Å². The van der Waals surface area contributed by atoms with Gasteiger partial charge >= 0.3 is 0 Å². The van der Waals surface area contributed by atoms with Crippen LogP contribution in [0.3, 0.4) is 0 Å². The fourth-order valence-corrected chi connectivity index (χ4v) is 3.23. The molecule has 0 aliphatic rings. The van der Waals surface area contributed by atoms with E-state index in [4.69, 9.17) is 11.6 Å². The molecular formula is C15H16ClNOS. The molecule has 0 amide bonds. The predicted octanol–water partition coefficient (Wildman–Crippen LogP) is 4.54. The highest BCUT2D eigenvalue weighted by molar-refractivity contribution is 7.13. The van der Waals surface area contributed by atoms with Crippen LogP contribution >= 0.6 is 22.9 Å². The average Bonchev–Trinajstić information content (AvgIpc) is 2.73. The molecule has 0 spiro atoms. The van der Waals surface area contributed by atoms with Crippen molar-refractivity contribution in [3.05, 3.63) is 50.4 Å². The summed E-state index contributed by atoms with van der Waals surface area (Å²) >= 11 is 7.48. The molecule has 2 aromatic rings. The van der Waals surface area contributed by atoms with Crippen molar-refractivity contribution in [1.82, 2.24) is 4.98 Å². The van der Waals surface area contributed by atoms with Gasteiger partial charge in [-0.2, -0.15) is 0 Å². The van der Waals surface area contributed by atoms with E-state index >= 15 is 0 Å². The third-order valence-corrected chi connectivity index (χ3v) is 4.23. The number of ketones is 1. The summed E-state index contributed by atoms with van der Waals surface area (Å²) in [6.07, 6.45) is 2.59. The van der Waals surface area contributed by atoms with Gasteiger partial charge in [0.25, 0.3) is 0 Å². The van der Waals surface area contributed by atoms with Gasteiger partial charge in [-0.15, -0.1) is 11.3 Å². The predicted molar refractivity (Wildman–Crippen MR) is 80.4 cm³/mol. The van der Waals surface area contributed by atoms with Crippen LogP contribution in [0.1, 0.15) is 46.2 Å². The van der Waals surface area contributed by atoms with Gasteiger partial charge in [-0.25, -0.2) is 4.98 Å². The van der Waals surface area contributed by atoms with E-state index in [1.165, 1.54) is 11.3 Å². The number of hydrogen-bond donors (Lipinski definition) is 0. The molecule has 0 atom stereocenters. The Kier molecular flexibility index (Phi) is 4.72. The monoisotopic (exact) mass is 293 g/mol. The van der Waals surface area contributed by atoms with E-state index in [-0.39, 0.29) is 5.78 Å². The maximum atomic E-state index is 11.6. The summed E-state index contributed by atoms with van der Waals surface area (Å²) in [5, 5.41) is 1.71. The number of halogens is 1. The van der Waals surface area contributed by atoms with Gasteiger partial charge in [0.1, 0.15) is 0 Å². The van der Waals surface area contributed by atoms with Gasteiger partial charge in [-0.1, -0.05) is 37.1 Å². The largest absolute Gasteiger partial charge is 0.294 e. The summed E-state index contributed by atoms with van der Waals surface area (Å²) in [6, 6.07) is 7.76. The van der Waals surface area contributed by atoms with Crippen LogP contribution in [0.15, 0.2) is 24.3 Å². The van der Waals surface area contributed by atoms with Crippen LogP contribution in [-0.4, -0.2) is 10.8 Å². The summed E-state index contributed by atoms with van der Waals surface area (Å²) in [4.78, 5) is 17.0. The number of carbonyl (C=O) groups excluding carboxylic acids is 1. The maximum absolute atomic E-state index is 11.6. The summed E-state index contributed by atoms with van der Waals surface area (Å²) in [6.45, 7) is 3.70. The maximum Gasteiger partial charge on any atom is 0.171 e. The zero-order valence-electron chi connectivity index (χ0n) is 11.1. The molecule has 0 fully saturated rings. The van der Waals surface area contributed by atoms with E-state index < -0.39 is 0 Å². The minimum atomic E-state index is 0.110. The average molecular weight is 294 g/mol. The van der Waals surface area contributed by atoms with E-state index in [9.17, 15) is 4.79 Å². The second-order valence-electron chi connectivity index (χ2n) is 4.50. The Morgan fingerprint density at radius 3 is 2.84 bits per heavy atom. The molecule has 0 saturated heterocycles. The van der Waals surface area contributed by atoms with Crippen molar-refractivity contribution in [1.29, 1.82) is 0 Å². The topological polar surface area (TPSA) is 30.0 Å². The minimum Gasteiger partial charge on any atom is -0.294 e. The second-order valence-corrected chi connectivity index (χ2v) is 6.02. The highest BCUT2D eigenvalue weighted by atomic mass is 35.5. The molecule has 0 aliphatic heterocycles. The van der Waals surface area contributed by atoms with Crippen LogP contribution in [0.2, 0.25) is 5.02 Å². The minimum absolute atomic E-state index is 0.110. The standard InChI is InChI=1S/C15H16ClNOS/c1-3-5-13-15(10(2)18)19-14(17-13)9-11-6-4-7-12(16)8-11/h4,6-8H,3,5,9H2,1-2H3. The van der Waals surface area contributed by atoms with E-state index in [1.807, 2.05) is 24.3 Å². The molecule has 0 radical (unpaired) electrons. The number of Topliss-reactive ketones (excluding diaryl/α,β-unsaturated/α-hetero) is 1. The van der Waals surface area contributed by atoms with Gasteiger partial charge in [-0.3, -0.25) is 4.79 Å². The van der Waals surface area contributed by atoms with E-state index in [2.05, 4.69) is 11.9 Å². The molecule has 19 heavy (non-hydrogen) atoms. The Labute approximate surface area is 122 Å². The molecule has 4 heteroatoms. The number of benzene rings is 1. The van der Waals surface area contributed by atoms with Crippen LogP contribution in [0.25, 0.3) is 0 Å². The molecule has 0 aliphatic carbocycles. The summed E-state index contributed by atoms with van der Waals surface area (Å²) < 4.78 is 0. The quantitative estimate of drug-likeness (QED) is 0.757. The lowest BCUT2D eigenvalue weighted by atomic mass is 10.1. The first-order valence-corrected chi connectivity index (χ1v) is 7.53. The molecule has 1 aromatic heterocycles. The number of aryl methyl sites for hydroxylation is 1. The Morgan fingerprint density at radius 2 is 2.21 bits per heavy atom. The Balaban J connectivity index is 2.25. The van der Waals surface area contributed by atoms with E-state index in [0.29, 0.717) is 0 Å². The van der Waals surface area contributed by atoms with Crippen molar-refractivity contribution in [3.8, 4) is 0 Å². The Bertz CT molecular complexity index is 592. The third-order valence-electron chi connectivity index (χ3n) is 2.79. The molecule has 2 rings (SSSR count). The van der Waals surface area contributed by atoms with Crippen molar-refractivity contribution in [2.24, 2.45) is 0 Å². The fourth-order valence-electron chi connectivity index (χ4n) is 1.98. The molecule has 100 valence electrons. The van der Waals surface area contributed by atoms with Gasteiger partial charge < -0.3 is 0 Å². The molecule has 0 saturated carbocycles. The Morgan fingerprint density at radius 1 is 1.42 bits per heavy atom. The molecule has 2 nitrogen and oxygen atoms in total. The highest BCUT2D eigenvalue weighted by Crippen LogP contribution is 2.23. The van der Waals surface area contributed by atoms with Crippen molar-refractivity contribution in [2.45, 2.75) is 33.1 Å². The van der Waals surface area contributed by atoms with E-state index in [0.717, 1.165) is 45.4 Å². The summed E-state index contributed by atoms with van der Waals surface area (Å²) in [7, 11) is 0. The first-order valence-electron chi connectivity index (χ1n) is 6.34. The number of hydrogen-bond acceptors (Lipinski definition) is 3. The zero-order chi connectivity index (χ0) is 13.8. The van der Waals surface area contributed by atoms with Crippen molar-refractivity contribution >= 4 is 28.7 Å². The smallest absolute Gasteiger partial charge is 0.171 e. The first kappa shape index (κ1) is 14.2. The normalized spacial score (nSPS) is 10.7. The van der Waals surface area contributed by atoms with E-state index in [1.54, 1.807) is 6.92 Å². The second kappa shape index (κ2) is 6.31. The number of aromatic nitrogens is 1. The summed E-state index contributed by atoms with van der Waals surface area (Å²) in [5.41, 5.74) is 2.07. The lowest BCUT2D eigenvalue weighted by molar-refractivity contribution is 0.102. The SMILES string of the molecule is CCCc1nc(Cc2cccc(Cl)c2)sc1C(C)=O. The molecule has 1 aromatic carbocycles. The van der Waals surface area contributed by atoms with Crippen LogP contribution in [-0.2, 0) is 12.8 Å². The molecule has 0 bridgehead atoms. The van der Waals surface area contributed by atoms with Crippen LogP contribution in [0.4, 0.5) is 0 Å². The molecule has 0 N–H and O–H groups in total. The fraction of sp³-hybridized carbons (Fsp3) is 0.333. The van der Waals surface area contributed by atoms with Crippen molar-refractivity contribution in [2.75, 3.05) is 0 Å². The Hall–Kier alpha value is -1.19. The van der Waals surface area contributed by atoms with Crippen molar-refractivity contribution in [3.63, 3.8) is 0 Å². The van der Waals surface area contributed by atoms with Gasteiger partial charge in [0.05, 0.1) is 15.6 Å². The molecular weight excluding hydrogens is 278 g/mol. The number of thiazole rings is 1. The molecule has 1 heterocycles. The van der Waals surface area contributed by atoms with Gasteiger partial charge in [0, 0.05) is 18.4 Å². The molecule has 0 unspecified atom stereocenters. The van der Waals surface area contributed by atoms with Crippen molar-refractivity contribution < 1.29 is 4.79 Å². The van der Waals surface area contributed by atoms with Gasteiger partial charge in [-0.05, 0) is 24.1 Å². The lowest BCUT2D eigenvalue weighted by Gasteiger charge is -1.98. The number of carbonyl (C=O) groups is 1. The number of rotatable bonds is 5. The zero-order valence-corrected chi connectivity index (χ0v) is 12.6. The lowest BCUT2D eigenvalue weighted by Crippen LogP contribution is -1.95. The third kappa shape index (κ3) is 3.64. The summed E-state index contributed by atoms with van der Waals surface area (Å²) in [5.74, 6) is 0.110. The number of nitrogens with zero attached hydrogens (tertiary/aromatic N) is 1. The highest BCUT2D eigenvalue weighted by Gasteiger charge is 2.14. The first-order chi connectivity index (χ1) is 9.10. The van der Waals surface area contributed by atoms with Gasteiger partial charge in [0.2, 0.25) is 0 Å². The van der Waals surface area contributed by atoms with Crippen LogP contribution < -0.4 is 0 Å².